The Bertz CT molecular complexity index is 936. The van der Waals surface area contributed by atoms with E-state index < -0.39 is 15.6 Å². The SMILES string of the molecule is CNC(=S)NS(=O)(=O)c1cc(CC(=O)NC(C)(C)c2cccs2)ccc1C. The van der Waals surface area contributed by atoms with Crippen molar-refractivity contribution >= 4 is 44.6 Å². The average Bonchev–Trinajstić information content (AvgIpc) is 3.11. The van der Waals surface area contributed by atoms with E-state index in [0.29, 0.717) is 11.1 Å². The van der Waals surface area contributed by atoms with E-state index in [2.05, 4.69) is 15.4 Å². The molecular weight excluding hydrogens is 402 g/mol. The zero-order chi connectivity index (χ0) is 20.2. The molecule has 1 aromatic carbocycles. The van der Waals surface area contributed by atoms with Crippen molar-refractivity contribution < 1.29 is 13.2 Å². The lowest BCUT2D eigenvalue weighted by atomic mass is 10.0. The Labute approximate surface area is 169 Å². The molecule has 1 heterocycles. The molecule has 3 N–H and O–H groups in total. The monoisotopic (exact) mass is 425 g/mol. The fourth-order valence-electron chi connectivity index (χ4n) is 2.55. The van der Waals surface area contributed by atoms with Gasteiger partial charge < -0.3 is 10.6 Å². The molecule has 1 amide bonds. The molecule has 0 spiro atoms. The molecule has 6 nitrogen and oxygen atoms in total. The number of amides is 1. The van der Waals surface area contributed by atoms with Crippen molar-refractivity contribution in [2.24, 2.45) is 0 Å². The number of thiocarbonyl (C=S) groups is 1. The molecule has 27 heavy (non-hydrogen) atoms. The lowest BCUT2D eigenvalue weighted by molar-refractivity contribution is -0.122. The maximum absolute atomic E-state index is 12.5. The number of thiophene rings is 1. The number of aryl methyl sites for hydroxylation is 1. The van der Waals surface area contributed by atoms with Crippen LogP contribution in [0.5, 0.6) is 0 Å². The fourth-order valence-corrected chi connectivity index (χ4v) is 4.94. The van der Waals surface area contributed by atoms with Crippen LogP contribution in [0, 0.1) is 6.92 Å². The largest absolute Gasteiger partial charge is 0.365 e. The van der Waals surface area contributed by atoms with E-state index in [-0.39, 0.29) is 22.3 Å². The molecule has 0 radical (unpaired) electrons. The highest BCUT2D eigenvalue weighted by Gasteiger charge is 2.24. The van der Waals surface area contributed by atoms with Crippen LogP contribution in [-0.2, 0) is 26.8 Å². The third-order valence-electron chi connectivity index (χ3n) is 3.95. The van der Waals surface area contributed by atoms with Crippen LogP contribution in [0.3, 0.4) is 0 Å². The minimum absolute atomic E-state index is 0.00948. The minimum Gasteiger partial charge on any atom is -0.365 e. The van der Waals surface area contributed by atoms with Crippen molar-refractivity contribution in [3.63, 3.8) is 0 Å². The van der Waals surface area contributed by atoms with E-state index in [1.807, 2.05) is 31.4 Å². The highest BCUT2D eigenvalue weighted by atomic mass is 32.2. The summed E-state index contributed by atoms with van der Waals surface area (Å²) in [5.74, 6) is -0.181. The highest BCUT2D eigenvalue weighted by molar-refractivity contribution is 7.91. The third kappa shape index (κ3) is 5.50. The molecule has 0 saturated heterocycles. The number of hydrogen-bond donors (Lipinski definition) is 3. The van der Waals surface area contributed by atoms with Crippen LogP contribution >= 0.6 is 23.6 Å². The van der Waals surface area contributed by atoms with Gasteiger partial charge in [0.1, 0.15) is 0 Å². The van der Waals surface area contributed by atoms with E-state index in [0.717, 1.165) is 4.88 Å². The second kappa shape index (κ2) is 8.37. The smallest absolute Gasteiger partial charge is 0.263 e. The maximum atomic E-state index is 12.5. The van der Waals surface area contributed by atoms with Gasteiger partial charge in [-0.25, -0.2) is 8.42 Å². The molecule has 0 aliphatic heterocycles. The third-order valence-corrected chi connectivity index (χ3v) is 7.07. The van der Waals surface area contributed by atoms with Gasteiger partial charge in [0.2, 0.25) is 5.91 Å². The quantitative estimate of drug-likeness (QED) is 0.619. The highest BCUT2D eigenvalue weighted by Crippen LogP contribution is 2.25. The zero-order valence-corrected chi connectivity index (χ0v) is 18.1. The maximum Gasteiger partial charge on any atom is 0.263 e. The van der Waals surface area contributed by atoms with Gasteiger partial charge in [0.25, 0.3) is 10.0 Å². The molecule has 0 bridgehead atoms. The lowest BCUT2D eigenvalue weighted by Crippen LogP contribution is -2.41. The number of benzene rings is 1. The molecule has 146 valence electrons. The number of sulfonamides is 1. The van der Waals surface area contributed by atoms with Crippen molar-refractivity contribution in [3.05, 3.63) is 51.7 Å². The number of nitrogens with one attached hydrogen (secondary N) is 3. The van der Waals surface area contributed by atoms with Crippen LogP contribution in [0.4, 0.5) is 0 Å². The number of carbonyl (C=O) groups is 1. The van der Waals surface area contributed by atoms with E-state index in [4.69, 9.17) is 12.2 Å². The first kappa shape index (κ1) is 21.3. The van der Waals surface area contributed by atoms with Crippen LogP contribution < -0.4 is 15.4 Å². The van der Waals surface area contributed by atoms with Crippen LogP contribution in [0.2, 0.25) is 0 Å². The van der Waals surface area contributed by atoms with E-state index in [1.54, 1.807) is 30.4 Å². The van der Waals surface area contributed by atoms with Crippen molar-refractivity contribution in [2.75, 3.05) is 7.05 Å². The van der Waals surface area contributed by atoms with Gasteiger partial charge in [0.15, 0.2) is 5.11 Å². The number of hydrogen-bond acceptors (Lipinski definition) is 5. The van der Waals surface area contributed by atoms with Gasteiger partial charge in [0.05, 0.1) is 16.9 Å². The Morgan fingerprint density at radius 2 is 1.96 bits per heavy atom. The summed E-state index contributed by atoms with van der Waals surface area (Å²) >= 11 is 6.46. The van der Waals surface area contributed by atoms with Gasteiger partial charge in [-0.3, -0.25) is 9.52 Å². The molecule has 0 atom stereocenters. The first-order valence-corrected chi connectivity index (χ1v) is 11.0. The molecule has 2 aromatic rings. The Kier molecular flexibility index (Phi) is 6.61. The lowest BCUT2D eigenvalue weighted by Gasteiger charge is -2.25. The van der Waals surface area contributed by atoms with Gasteiger partial charge in [-0.1, -0.05) is 18.2 Å². The van der Waals surface area contributed by atoms with Crippen molar-refractivity contribution in [1.82, 2.24) is 15.4 Å². The topological polar surface area (TPSA) is 87.3 Å². The standard InChI is InChI=1S/C18H23N3O3S3/c1-12-7-8-13(10-14(12)27(23,24)21-17(25)19-4)11-16(22)20-18(2,3)15-6-5-9-26-15/h5-10H,11H2,1-4H3,(H,20,22)(H2,19,21,25). The summed E-state index contributed by atoms with van der Waals surface area (Å²) in [7, 11) is -2.28. The Hall–Kier alpha value is -1.97. The van der Waals surface area contributed by atoms with Gasteiger partial charge >= 0.3 is 0 Å². The average molecular weight is 426 g/mol. The molecule has 9 heteroatoms. The number of rotatable bonds is 6. The van der Waals surface area contributed by atoms with Gasteiger partial charge in [-0.05, 0) is 61.6 Å². The normalized spacial score (nSPS) is 11.7. The van der Waals surface area contributed by atoms with Crippen molar-refractivity contribution in [1.29, 1.82) is 0 Å². The van der Waals surface area contributed by atoms with Gasteiger partial charge in [-0.2, -0.15) is 0 Å². The van der Waals surface area contributed by atoms with Crippen LogP contribution in [-0.4, -0.2) is 26.5 Å². The summed E-state index contributed by atoms with van der Waals surface area (Å²) in [6.07, 6.45) is 0.0775. The molecule has 0 fully saturated rings. The molecule has 1 aromatic heterocycles. The molecule has 0 unspecified atom stereocenters. The first-order chi connectivity index (χ1) is 12.5. The summed E-state index contributed by atoms with van der Waals surface area (Å²) in [6.45, 7) is 5.56. The van der Waals surface area contributed by atoms with E-state index in [1.165, 1.54) is 13.1 Å². The second-order valence-corrected chi connectivity index (χ2v) is 9.62. The predicted molar refractivity (Wildman–Crippen MR) is 112 cm³/mol. The molecule has 2 rings (SSSR count). The summed E-state index contributed by atoms with van der Waals surface area (Å²) in [4.78, 5) is 13.6. The summed E-state index contributed by atoms with van der Waals surface area (Å²) in [5.41, 5.74) is 0.686. The minimum atomic E-state index is -3.81. The van der Waals surface area contributed by atoms with E-state index in [9.17, 15) is 13.2 Å². The van der Waals surface area contributed by atoms with Crippen LogP contribution in [0.15, 0.2) is 40.6 Å². The fraction of sp³-hybridized carbons (Fsp3) is 0.333. The zero-order valence-electron chi connectivity index (χ0n) is 15.6. The number of carbonyl (C=O) groups excluding carboxylic acids is 1. The molecular formula is C18H23N3O3S3. The molecule has 0 aliphatic rings. The van der Waals surface area contributed by atoms with Crippen molar-refractivity contribution in [3.8, 4) is 0 Å². The molecule has 0 aliphatic carbocycles. The Morgan fingerprint density at radius 3 is 2.56 bits per heavy atom. The second-order valence-electron chi connectivity index (χ2n) is 6.61. The molecule has 0 saturated carbocycles. The predicted octanol–water partition coefficient (Wildman–Crippen LogP) is 2.43. The Morgan fingerprint density at radius 1 is 1.26 bits per heavy atom. The van der Waals surface area contributed by atoms with Crippen LogP contribution in [0.1, 0.15) is 29.9 Å². The summed E-state index contributed by atoms with van der Waals surface area (Å²) in [5, 5.41) is 7.54. The van der Waals surface area contributed by atoms with Gasteiger partial charge in [-0.15, -0.1) is 11.3 Å². The van der Waals surface area contributed by atoms with Crippen molar-refractivity contribution in [2.45, 2.75) is 37.6 Å². The summed E-state index contributed by atoms with van der Waals surface area (Å²) < 4.78 is 27.3. The first-order valence-electron chi connectivity index (χ1n) is 8.24. The van der Waals surface area contributed by atoms with E-state index >= 15 is 0 Å². The van der Waals surface area contributed by atoms with Gasteiger partial charge in [0, 0.05) is 11.9 Å². The summed E-state index contributed by atoms with van der Waals surface area (Å²) in [6, 6.07) is 8.85. The van der Waals surface area contributed by atoms with Crippen LogP contribution in [0.25, 0.3) is 0 Å². The Balaban J connectivity index is 2.18.